The van der Waals surface area contributed by atoms with E-state index in [0.29, 0.717) is 49.7 Å². The molecular weight excluding hydrogens is 364 g/mol. The SMILES string of the molecule is COc1cc(OC)cc(C(=O)N2CCCN(C(=O)Cc3cccs3)CC2)c1. The molecule has 1 aliphatic heterocycles. The molecule has 0 bridgehead atoms. The van der Waals surface area contributed by atoms with Gasteiger partial charge in [0.1, 0.15) is 11.5 Å². The Balaban J connectivity index is 1.65. The molecule has 0 saturated carbocycles. The van der Waals surface area contributed by atoms with Crippen molar-refractivity contribution in [3.05, 3.63) is 46.2 Å². The van der Waals surface area contributed by atoms with Gasteiger partial charge in [-0.3, -0.25) is 9.59 Å². The van der Waals surface area contributed by atoms with E-state index in [1.165, 1.54) is 0 Å². The molecule has 144 valence electrons. The van der Waals surface area contributed by atoms with Gasteiger partial charge < -0.3 is 19.3 Å². The highest BCUT2D eigenvalue weighted by Crippen LogP contribution is 2.24. The summed E-state index contributed by atoms with van der Waals surface area (Å²) in [6.07, 6.45) is 1.20. The second-order valence-corrected chi connectivity index (χ2v) is 7.42. The lowest BCUT2D eigenvalue weighted by Gasteiger charge is -2.22. The fourth-order valence-corrected chi connectivity index (χ4v) is 3.85. The lowest BCUT2D eigenvalue weighted by molar-refractivity contribution is -0.130. The van der Waals surface area contributed by atoms with Crippen molar-refractivity contribution in [2.75, 3.05) is 40.4 Å². The monoisotopic (exact) mass is 388 g/mol. The third kappa shape index (κ3) is 4.80. The number of carbonyl (C=O) groups excluding carboxylic acids is 2. The van der Waals surface area contributed by atoms with E-state index in [0.717, 1.165) is 11.3 Å². The summed E-state index contributed by atoms with van der Waals surface area (Å²) in [4.78, 5) is 30.2. The molecule has 2 amide bonds. The van der Waals surface area contributed by atoms with Gasteiger partial charge in [0.25, 0.3) is 5.91 Å². The number of hydrogen-bond acceptors (Lipinski definition) is 5. The summed E-state index contributed by atoms with van der Waals surface area (Å²) in [6.45, 7) is 2.38. The van der Waals surface area contributed by atoms with Crippen LogP contribution in [0.2, 0.25) is 0 Å². The van der Waals surface area contributed by atoms with Crippen molar-refractivity contribution in [1.82, 2.24) is 9.80 Å². The molecule has 1 saturated heterocycles. The number of carbonyl (C=O) groups is 2. The van der Waals surface area contributed by atoms with E-state index in [-0.39, 0.29) is 11.8 Å². The first-order valence-electron chi connectivity index (χ1n) is 8.93. The van der Waals surface area contributed by atoms with Gasteiger partial charge in [-0.1, -0.05) is 6.07 Å². The highest BCUT2D eigenvalue weighted by molar-refractivity contribution is 7.10. The minimum atomic E-state index is -0.0697. The average Bonchev–Trinajstić information content (AvgIpc) is 3.08. The smallest absolute Gasteiger partial charge is 0.254 e. The zero-order valence-corrected chi connectivity index (χ0v) is 16.5. The molecule has 0 N–H and O–H groups in total. The van der Waals surface area contributed by atoms with Crippen LogP contribution in [-0.4, -0.2) is 62.0 Å². The first kappa shape index (κ1) is 19.2. The molecule has 1 aromatic carbocycles. The number of methoxy groups -OCH3 is 2. The standard InChI is InChI=1S/C20H24N2O4S/c1-25-16-11-15(12-17(13-16)26-2)20(24)22-7-4-6-21(8-9-22)19(23)14-18-5-3-10-27-18/h3,5,10-13H,4,6-9,14H2,1-2H3. The highest BCUT2D eigenvalue weighted by atomic mass is 32.1. The van der Waals surface area contributed by atoms with E-state index in [1.54, 1.807) is 48.7 Å². The van der Waals surface area contributed by atoms with E-state index in [2.05, 4.69) is 0 Å². The van der Waals surface area contributed by atoms with Gasteiger partial charge >= 0.3 is 0 Å². The summed E-state index contributed by atoms with van der Waals surface area (Å²) >= 11 is 1.59. The van der Waals surface area contributed by atoms with Gasteiger partial charge in [-0.05, 0) is 30.0 Å². The van der Waals surface area contributed by atoms with Gasteiger partial charge in [0.15, 0.2) is 0 Å². The van der Waals surface area contributed by atoms with Crippen molar-refractivity contribution >= 4 is 23.2 Å². The molecule has 0 aliphatic carbocycles. The van der Waals surface area contributed by atoms with E-state index < -0.39 is 0 Å². The molecule has 1 fully saturated rings. The Morgan fingerprint density at radius 2 is 1.67 bits per heavy atom. The Bertz CT molecular complexity index is 769. The largest absolute Gasteiger partial charge is 0.497 e. The molecule has 1 aliphatic rings. The van der Waals surface area contributed by atoms with Crippen molar-refractivity contribution in [3.63, 3.8) is 0 Å². The maximum atomic E-state index is 12.9. The van der Waals surface area contributed by atoms with Crippen LogP contribution in [0.3, 0.4) is 0 Å². The third-order valence-corrected chi connectivity index (χ3v) is 5.52. The number of nitrogens with zero attached hydrogens (tertiary/aromatic N) is 2. The molecule has 27 heavy (non-hydrogen) atoms. The molecule has 0 atom stereocenters. The van der Waals surface area contributed by atoms with Gasteiger partial charge in [0.2, 0.25) is 5.91 Å². The minimum absolute atomic E-state index is 0.0697. The molecule has 2 aromatic rings. The summed E-state index contributed by atoms with van der Waals surface area (Å²) in [5.74, 6) is 1.22. The summed E-state index contributed by atoms with van der Waals surface area (Å²) in [5.41, 5.74) is 0.532. The number of hydrogen-bond donors (Lipinski definition) is 0. The minimum Gasteiger partial charge on any atom is -0.497 e. The van der Waals surface area contributed by atoms with Gasteiger partial charge in [-0.15, -0.1) is 11.3 Å². The van der Waals surface area contributed by atoms with E-state index >= 15 is 0 Å². The molecule has 0 spiro atoms. The molecule has 2 heterocycles. The van der Waals surface area contributed by atoms with Crippen LogP contribution in [-0.2, 0) is 11.2 Å². The predicted octanol–water partition coefficient (Wildman–Crippen LogP) is 2.68. The normalized spacial score (nSPS) is 14.6. The lowest BCUT2D eigenvalue weighted by Crippen LogP contribution is -2.37. The maximum absolute atomic E-state index is 12.9. The van der Waals surface area contributed by atoms with Crippen LogP contribution >= 0.6 is 11.3 Å². The van der Waals surface area contributed by atoms with E-state index in [1.807, 2.05) is 22.4 Å². The van der Waals surface area contributed by atoms with Crippen LogP contribution in [0.5, 0.6) is 11.5 Å². The Labute approximate surface area is 163 Å². The topological polar surface area (TPSA) is 59.1 Å². The fourth-order valence-electron chi connectivity index (χ4n) is 3.16. The van der Waals surface area contributed by atoms with Crippen LogP contribution in [0.1, 0.15) is 21.7 Å². The first-order valence-corrected chi connectivity index (χ1v) is 9.81. The van der Waals surface area contributed by atoms with Crippen LogP contribution in [0.25, 0.3) is 0 Å². The second-order valence-electron chi connectivity index (χ2n) is 6.38. The molecule has 1 aromatic heterocycles. The van der Waals surface area contributed by atoms with Crippen molar-refractivity contribution in [3.8, 4) is 11.5 Å². The quantitative estimate of drug-likeness (QED) is 0.790. The first-order chi connectivity index (χ1) is 13.1. The van der Waals surface area contributed by atoms with Crippen LogP contribution < -0.4 is 9.47 Å². The third-order valence-electron chi connectivity index (χ3n) is 4.64. The number of amides is 2. The zero-order chi connectivity index (χ0) is 19.2. The molecule has 3 rings (SSSR count). The summed E-state index contributed by atoms with van der Waals surface area (Å²) in [6, 6.07) is 9.11. The maximum Gasteiger partial charge on any atom is 0.254 e. The van der Waals surface area contributed by atoms with Crippen molar-refractivity contribution in [2.24, 2.45) is 0 Å². The highest BCUT2D eigenvalue weighted by Gasteiger charge is 2.23. The van der Waals surface area contributed by atoms with E-state index in [4.69, 9.17) is 9.47 Å². The number of ether oxygens (including phenoxy) is 2. The number of thiophene rings is 1. The average molecular weight is 388 g/mol. The molecular formula is C20H24N2O4S. The number of rotatable bonds is 5. The van der Waals surface area contributed by atoms with Gasteiger partial charge in [0, 0.05) is 42.7 Å². The second kappa shape index (κ2) is 8.90. The van der Waals surface area contributed by atoms with Crippen molar-refractivity contribution in [1.29, 1.82) is 0 Å². The lowest BCUT2D eigenvalue weighted by atomic mass is 10.1. The Kier molecular flexibility index (Phi) is 6.34. The molecule has 0 radical (unpaired) electrons. The Morgan fingerprint density at radius 3 is 2.30 bits per heavy atom. The summed E-state index contributed by atoms with van der Waals surface area (Å²) in [7, 11) is 3.12. The summed E-state index contributed by atoms with van der Waals surface area (Å²) in [5, 5.41) is 1.98. The predicted molar refractivity (Wildman–Crippen MR) is 105 cm³/mol. The summed E-state index contributed by atoms with van der Waals surface area (Å²) < 4.78 is 10.5. The van der Waals surface area contributed by atoms with Crippen molar-refractivity contribution in [2.45, 2.75) is 12.8 Å². The van der Waals surface area contributed by atoms with Crippen LogP contribution in [0.4, 0.5) is 0 Å². The molecule has 6 nitrogen and oxygen atoms in total. The van der Waals surface area contributed by atoms with E-state index in [9.17, 15) is 9.59 Å². The van der Waals surface area contributed by atoms with Crippen LogP contribution in [0.15, 0.2) is 35.7 Å². The zero-order valence-electron chi connectivity index (χ0n) is 15.6. The Hall–Kier alpha value is -2.54. The van der Waals surface area contributed by atoms with Gasteiger partial charge in [0.05, 0.1) is 20.6 Å². The Morgan fingerprint density at radius 1 is 1.00 bits per heavy atom. The fraction of sp³-hybridized carbons (Fsp3) is 0.400. The van der Waals surface area contributed by atoms with Gasteiger partial charge in [-0.2, -0.15) is 0 Å². The van der Waals surface area contributed by atoms with Crippen molar-refractivity contribution < 1.29 is 19.1 Å². The molecule has 0 unspecified atom stereocenters. The number of benzene rings is 1. The van der Waals surface area contributed by atoms with Crippen LogP contribution in [0, 0.1) is 0 Å². The molecule has 7 heteroatoms. The van der Waals surface area contributed by atoms with Gasteiger partial charge in [-0.25, -0.2) is 0 Å².